The first-order chi connectivity index (χ1) is 9.85. The van der Waals surface area contributed by atoms with Crippen molar-refractivity contribution in [3.05, 3.63) is 27.3 Å². The molecule has 0 spiro atoms. The summed E-state index contributed by atoms with van der Waals surface area (Å²) in [4.78, 5) is 11.7. The number of nitrogens with one attached hydrogen (secondary N) is 1. The van der Waals surface area contributed by atoms with Gasteiger partial charge in [0, 0.05) is 3.57 Å². The van der Waals surface area contributed by atoms with E-state index in [1.54, 1.807) is 6.07 Å². The Balaban J connectivity index is 2.23. The second-order valence-electron chi connectivity index (χ2n) is 5.21. The van der Waals surface area contributed by atoms with Crippen molar-refractivity contribution in [2.75, 3.05) is 11.8 Å². The first-order valence-corrected chi connectivity index (χ1v) is 9.33. The molecule has 0 bridgehead atoms. The van der Waals surface area contributed by atoms with Gasteiger partial charge in [-0.1, -0.05) is 6.42 Å². The van der Waals surface area contributed by atoms with Crippen molar-refractivity contribution >= 4 is 44.3 Å². The highest BCUT2D eigenvalue weighted by Gasteiger charge is 2.42. The zero-order chi connectivity index (χ0) is 15.6. The molecule has 1 aliphatic carbocycles. The van der Waals surface area contributed by atoms with Gasteiger partial charge in [0.2, 0.25) is 10.0 Å². The van der Waals surface area contributed by atoms with Crippen LogP contribution < -0.4 is 4.72 Å². The minimum atomic E-state index is -3.61. The Labute approximate surface area is 138 Å². The van der Waals surface area contributed by atoms with Gasteiger partial charge in [-0.25, -0.2) is 8.42 Å². The van der Waals surface area contributed by atoms with E-state index in [0.29, 0.717) is 18.5 Å². The van der Waals surface area contributed by atoms with Gasteiger partial charge in [0.1, 0.15) is 0 Å². The van der Waals surface area contributed by atoms with E-state index in [-0.39, 0.29) is 0 Å². The number of rotatable bonds is 4. The zero-order valence-corrected chi connectivity index (χ0v) is 14.9. The lowest BCUT2D eigenvalue weighted by atomic mass is 10.1. The Morgan fingerprint density at radius 3 is 2.71 bits per heavy atom. The minimum Gasteiger partial charge on any atom is -0.469 e. The monoisotopic (exact) mass is 423 g/mol. The molecule has 1 aliphatic rings. The van der Waals surface area contributed by atoms with Crippen LogP contribution in [0.2, 0.25) is 0 Å². The number of halogens is 1. The lowest BCUT2D eigenvalue weighted by molar-refractivity contribution is -0.145. The summed E-state index contributed by atoms with van der Waals surface area (Å²) in [5.74, 6) is -1.01. The van der Waals surface area contributed by atoms with Crippen molar-refractivity contribution in [2.24, 2.45) is 5.92 Å². The number of esters is 1. The summed E-state index contributed by atoms with van der Waals surface area (Å²) >= 11 is 2.18. The van der Waals surface area contributed by atoms with E-state index in [1.807, 2.05) is 19.1 Å². The highest BCUT2D eigenvalue weighted by molar-refractivity contribution is 14.1. The summed E-state index contributed by atoms with van der Waals surface area (Å²) < 4.78 is 33.5. The van der Waals surface area contributed by atoms with Crippen LogP contribution in [0.25, 0.3) is 0 Å². The molecule has 7 heteroatoms. The van der Waals surface area contributed by atoms with E-state index >= 15 is 0 Å². The van der Waals surface area contributed by atoms with E-state index in [1.165, 1.54) is 7.11 Å². The summed E-state index contributed by atoms with van der Waals surface area (Å²) in [5.41, 5.74) is 1.42. The Morgan fingerprint density at radius 1 is 1.38 bits per heavy atom. The Hall–Kier alpha value is -0.830. The highest BCUT2D eigenvalue weighted by atomic mass is 127. The largest absolute Gasteiger partial charge is 0.469 e. The molecule has 0 radical (unpaired) electrons. The van der Waals surface area contributed by atoms with Crippen molar-refractivity contribution < 1.29 is 17.9 Å². The number of ether oxygens (including phenoxy) is 1. The van der Waals surface area contributed by atoms with Gasteiger partial charge in [-0.2, -0.15) is 0 Å². The van der Waals surface area contributed by atoms with Crippen LogP contribution in [0.1, 0.15) is 24.8 Å². The first-order valence-electron chi connectivity index (χ1n) is 6.71. The van der Waals surface area contributed by atoms with Gasteiger partial charge in [-0.05, 0) is 66.1 Å². The molecule has 1 N–H and O–H groups in total. The molecular weight excluding hydrogens is 405 g/mol. The summed E-state index contributed by atoms with van der Waals surface area (Å²) in [6.07, 6.45) is 1.76. The third-order valence-corrected chi connectivity index (χ3v) is 6.33. The Morgan fingerprint density at radius 2 is 2.10 bits per heavy atom. The number of benzene rings is 1. The molecule has 0 saturated heterocycles. The van der Waals surface area contributed by atoms with E-state index in [4.69, 9.17) is 4.74 Å². The fraction of sp³-hybridized carbons (Fsp3) is 0.500. The topological polar surface area (TPSA) is 72.5 Å². The third kappa shape index (κ3) is 3.68. The lowest BCUT2D eigenvalue weighted by Crippen LogP contribution is -2.35. The molecular formula is C14H18INO4S. The Bertz CT molecular complexity index is 644. The van der Waals surface area contributed by atoms with Crippen molar-refractivity contribution in [1.29, 1.82) is 0 Å². The predicted molar refractivity (Wildman–Crippen MR) is 89.6 cm³/mol. The lowest BCUT2D eigenvalue weighted by Gasteiger charge is -2.20. The molecule has 0 amide bonds. The predicted octanol–water partition coefficient (Wildman–Crippen LogP) is 2.68. The molecule has 0 aromatic heterocycles. The molecule has 1 fully saturated rings. The quantitative estimate of drug-likeness (QED) is 0.597. The normalized spacial score (nSPS) is 22.0. The number of hydrogen-bond donors (Lipinski definition) is 1. The van der Waals surface area contributed by atoms with Crippen LogP contribution in [0.5, 0.6) is 0 Å². The van der Waals surface area contributed by atoms with E-state index in [2.05, 4.69) is 27.3 Å². The van der Waals surface area contributed by atoms with E-state index < -0.39 is 27.2 Å². The summed E-state index contributed by atoms with van der Waals surface area (Å²) in [7, 11) is -2.31. The number of hydrogen-bond acceptors (Lipinski definition) is 4. The van der Waals surface area contributed by atoms with Crippen molar-refractivity contribution in [3.63, 3.8) is 0 Å². The number of anilines is 1. The summed E-state index contributed by atoms with van der Waals surface area (Å²) in [6.45, 7) is 1.85. The fourth-order valence-corrected chi connectivity index (χ4v) is 5.18. The molecule has 0 aliphatic heterocycles. The number of aryl methyl sites for hydroxylation is 1. The first kappa shape index (κ1) is 16.5. The minimum absolute atomic E-state index is 0.442. The second kappa shape index (κ2) is 6.51. The molecule has 0 heterocycles. The van der Waals surface area contributed by atoms with Crippen LogP contribution in [0.3, 0.4) is 0 Å². The smallest absolute Gasteiger partial charge is 0.310 e. The van der Waals surface area contributed by atoms with Crippen LogP contribution in [-0.4, -0.2) is 26.7 Å². The standard InChI is InChI=1S/C14H18INO4S/c1-9-8-10(15)6-7-12(9)16-21(18,19)13-5-3-4-11(13)14(17)20-2/h6-8,11,13,16H,3-5H2,1-2H3. The fourth-order valence-electron chi connectivity index (χ4n) is 2.69. The zero-order valence-electron chi connectivity index (χ0n) is 11.9. The molecule has 21 heavy (non-hydrogen) atoms. The molecule has 1 saturated carbocycles. The molecule has 1 aromatic carbocycles. The van der Waals surface area contributed by atoms with Crippen LogP contribution in [0.4, 0.5) is 5.69 Å². The Kier molecular flexibility index (Phi) is 5.13. The maximum absolute atomic E-state index is 12.5. The van der Waals surface area contributed by atoms with Crippen molar-refractivity contribution in [2.45, 2.75) is 31.4 Å². The highest BCUT2D eigenvalue weighted by Crippen LogP contribution is 2.33. The average Bonchev–Trinajstić information content (AvgIpc) is 2.91. The molecule has 116 valence electrons. The molecule has 2 rings (SSSR count). The number of carbonyl (C=O) groups is 1. The molecule has 5 nitrogen and oxygen atoms in total. The number of methoxy groups -OCH3 is 1. The van der Waals surface area contributed by atoms with Crippen LogP contribution in [0, 0.1) is 16.4 Å². The van der Waals surface area contributed by atoms with Crippen molar-refractivity contribution in [3.8, 4) is 0 Å². The van der Waals surface area contributed by atoms with Gasteiger partial charge in [-0.3, -0.25) is 9.52 Å². The molecule has 2 unspecified atom stereocenters. The molecule has 1 aromatic rings. The SMILES string of the molecule is COC(=O)C1CCCC1S(=O)(=O)Nc1ccc(I)cc1C. The van der Waals surface area contributed by atoms with Crippen LogP contribution >= 0.6 is 22.6 Å². The van der Waals surface area contributed by atoms with Gasteiger partial charge in [-0.15, -0.1) is 0 Å². The van der Waals surface area contributed by atoms with Gasteiger partial charge < -0.3 is 4.74 Å². The van der Waals surface area contributed by atoms with Crippen molar-refractivity contribution in [1.82, 2.24) is 0 Å². The molecule has 2 atom stereocenters. The summed E-state index contributed by atoms with van der Waals surface area (Å²) in [5, 5.41) is -0.719. The van der Waals surface area contributed by atoms with Gasteiger partial charge in [0.15, 0.2) is 0 Å². The van der Waals surface area contributed by atoms with Gasteiger partial charge in [0.05, 0.1) is 24.0 Å². The maximum Gasteiger partial charge on any atom is 0.310 e. The van der Waals surface area contributed by atoms with E-state index in [9.17, 15) is 13.2 Å². The van der Waals surface area contributed by atoms with Crippen LogP contribution in [0.15, 0.2) is 18.2 Å². The number of sulfonamides is 1. The van der Waals surface area contributed by atoms with Gasteiger partial charge in [0.25, 0.3) is 0 Å². The second-order valence-corrected chi connectivity index (χ2v) is 8.35. The number of carbonyl (C=O) groups excluding carboxylic acids is 1. The maximum atomic E-state index is 12.5. The average molecular weight is 423 g/mol. The van der Waals surface area contributed by atoms with Gasteiger partial charge >= 0.3 is 5.97 Å². The summed E-state index contributed by atoms with van der Waals surface area (Å²) in [6, 6.07) is 5.50. The van der Waals surface area contributed by atoms with E-state index in [0.717, 1.165) is 15.6 Å². The van der Waals surface area contributed by atoms with Crippen LogP contribution in [-0.2, 0) is 19.6 Å². The third-order valence-electron chi connectivity index (χ3n) is 3.80.